The molecule has 7 nitrogen and oxygen atoms in total. The second-order valence-electron chi connectivity index (χ2n) is 5.34. The number of carbonyl (C=O) groups excluding carboxylic acids is 1. The molecule has 0 fully saturated rings. The summed E-state index contributed by atoms with van der Waals surface area (Å²) in [6, 6.07) is 3.67. The molecule has 0 aliphatic rings. The molecular weight excluding hydrogens is 331 g/mol. The first kappa shape index (κ1) is 18.4. The van der Waals surface area contributed by atoms with Crippen molar-refractivity contribution in [1.82, 2.24) is 9.78 Å². The van der Waals surface area contributed by atoms with E-state index in [1.807, 2.05) is 6.92 Å². The van der Waals surface area contributed by atoms with Crippen LogP contribution in [0.15, 0.2) is 24.4 Å². The number of halogens is 1. The van der Waals surface area contributed by atoms with Crippen molar-refractivity contribution in [3.8, 4) is 5.75 Å². The Hall–Kier alpha value is -2.90. The van der Waals surface area contributed by atoms with Crippen LogP contribution in [0.2, 0.25) is 0 Å². The minimum atomic E-state index is -1.22. The average Bonchev–Trinajstić information content (AvgIpc) is 3.05. The molecule has 0 saturated carbocycles. The first-order chi connectivity index (χ1) is 12.0. The lowest BCUT2D eigenvalue weighted by Gasteiger charge is -2.09. The lowest BCUT2D eigenvalue weighted by molar-refractivity contribution is 0.0491. The zero-order valence-electron chi connectivity index (χ0n) is 14.0. The molecule has 0 saturated heterocycles. The summed E-state index contributed by atoms with van der Waals surface area (Å²) in [6.07, 6.45) is 3.17. The molecule has 0 unspecified atom stereocenters. The molecule has 25 heavy (non-hydrogen) atoms. The highest BCUT2D eigenvalue weighted by molar-refractivity contribution is 5.91. The fraction of sp³-hybridized carbons (Fsp3) is 0.353. The fourth-order valence-electron chi connectivity index (χ4n) is 2.17. The van der Waals surface area contributed by atoms with Crippen molar-refractivity contribution in [2.75, 3.05) is 13.7 Å². The molecule has 0 atom stereocenters. The third kappa shape index (κ3) is 4.56. The van der Waals surface area contributed by atoms with E-state index in [2.05, 4.69) is 5.10 Å². The molecule has 0 aliphatic heterocycles. The molecule has 134 valence electrons. The molecular formula is C17H19FN2O5. The Kier molecular flexibility index (Phi) is 6.10. The van der Waals surface area contributed by atoms with Crippen LogP contribution in [0, 0.1) is 5.82 Å². The Morgan fingerprint density at radius 2 is 2.12 bits per heavy atom. The molecule has 1 aromatic heterocycles. The summed E-state index contributed by atoms with van der Waals surface area (Å²) in [5.41, 5.74) is 0.0842. The van der Waals surface area contributed by atoms with Crippen molar-refractivity contribution in [2.45, 2.75) is 26.3 Å². The number of aromatic nitrogens is 2. The summed E-state index contributed by atoms with van der Waals surface area (Å²) in [5, 5.41) is 13.2. The second kappa shape index (κ2) is 8.27. The van der Waals surface area contributed by atoms with E-state index in [-0.39, 0.29) is 29.1 Å². The zero-order chi connectivity index (χ0) is 18.4. The van der Waals surface area contributed by atoms with Crippen LogP contribution >= 0.6 is 0 Å². The smallest absolute Gasteiger partial charge is 0.358 e. The highest BCUT2D eigenvalue weighted by atomic mass is 19.1. The second-order valence-corrected chi connectivity index (χ2v) is 5.34. The number of nitrogens with zero attached hydrogens (tertiary/aromatic N) is 2. The number of carbonyl (C=O) groups is 2. The van der Waals surface area contributed by atoms with E-state index in [4.69, 9.17) is 9.47 Å². The number of rotatable bonds is 8. The number of aromatic carboxylic acids is 1. The number of carboxylic acid groups (broad SMARTS) is 1. The number of benzene rings is 1. The van der Waals surface area contributed by atoms with Crippen LogP contribution in [0.3, 0.4) is 0 Å². The predicted molar refractivity (Wildman–Crippen MR) is 86.4 cm³/mol. The summed E-state index contributed by atoms with van der Waals surface area (Å²) >= 11 is 0. The van der Waals surface area contributed by atoms with Gasteiger partial charge in [-0.05, 0) is 18.6 Å². The minimum Gasteiger partial charge on any atom is -0.496 e. The normalized spacial score (nSPS) is 10.5. The van der Waals surface area contributed by atoms with Gasteiger partial charge in [0.1, 0.15) is 17.1 Å². The lowest BCUT2D eigenvalue weighted by atomic mass is 10.1. The number of methoxy groups -OCH3 is 1. The predicted octanol–water partition coefficient (Wildman–Crippen LogP) is 2.73. The van der Waals surface area contributed by atoms with Gasteiger partial charge in [0.05, 0.1) is 20.3 Å². The molecule has 2 aromatic rings. The molecule has 0 bridgehead atoms. The van der Waals surface area contributed by atoms with E-state index in [1.165, 1.54) is 30.1 Å². The molecule has 0 aliphatic carbocycles. The van der Waals surface area contributed by atoms with Crippen molar-refractivity contribution in [3.05, 3.63) is 47.0 Å². The van der Waals surface area contributed by atoms with Gasteiger partial charge >= 0.3 is 11.9 Å². The quantitative estimate of drug-likeness (QED) is 0.581. The van der Waals surface area contributed by atoms with E-state index in [1.54, 1.807) is 0 Å². The van der Waals surface area contributed by atoms with Crippen LogP contribution < -0.4 is 4.74 Å². The fourth-order valence-corrected chi connectivity index (χ4v) is 2.17. The maximum absolute atomic E-state index is 14.1. The minimum absolute atomic E-state index is 0.0294. The van der Waals surface area contributed by atoms with Crippen LogP contribution in [0.25, 0.3) is 0 Å². The third-order valence-corrected chi connectivity index (χ3v) is 3.51. The Morgan fingerprint density at radius 1 is 1.36 bits per heavy atom. The summed E-state index contributed by atoms with van der Waals surface area (Å²) < 4.78 is 25.4. The van der Waals surface area contributed by atoms with E-state index in [0.717, 1.165) is 18.9 Å². The first-order valence-electron chi connectivity index (χ1n) is 7.76. The molecule has 0 spiro atoms. The molecule has 8 heteroatoms. The summed E-state index contributed by atoms with van der Waals surface area (Å²) in [6.45, 7) is 2.27. The van der Waals surface area contributed by atoms with Crippen LogP contribution in [-0.2, 0) is 11.3 Å². The first-order valence-corrected chi connectivity index (χ1v) is 7.76. The maximum atomic E-state index is 14.1. The topological polar surface area (TPSA) is 90.7 Å². The van der Waals surface area contributed by atoms with Crippen LogP contribution in [0.5, 0.6) is 5.75 Å². The Balaban J connectivity index is 2.16. The van der Waals surface area contributed by atoms with Crippen molar-refractivity contribution in [2.24, 2.45) is 0 Å². The van der Waals surface area contributed by atoms with Crippen molar-refractivity contribution in [3.63, 3.8) is 0 Å². The van der Waals surface area contributed by atoms with E-state index >= 15 is 0 Å². The highest BCUT2D eigenvalue weighted by Crippen LogP contribution is 2.23. The van der Waals surface area contributed by atoms with E-state index in [9.17, 15) is 19.1 Å². The van der Waals surface area contributed by atoms with Gasteiger partial charge < -0.3 is 14.6 Å². The number of ether oxygens (including phenoxy) is 2. The average molecular weight is 350 g/mol. The van der Waals surface area contributed by atoms with Crippen molar-refractivity contribution < 1.29 is 28.6 Å². The monoisotopic (exact) mass is 350 g/mol. The van der Waals surface area contributed by atoms with Gasteiger partial charge in [-0.25, -0.2) is 14.0 Å². The maximum Gasteiger partial charge on any atom is 0.358 e. The molecule has 2 rings (SSSR count). The molecule has 1 aromatic carbocycles. The molecule has 0 radical (unpaired) electrons. The van der Waals surface area contributed by atoms with Gasteiger partial charge in [-0.2, -0.15) is 5.10 Å². The van der Waals surface area contributed by atoms with Crippen LogP contribution in [-0.4, -0.2) is 40.5 Å². The Morgan fingerprint density at radius 3 is 2.76 bits per heavy atom. The zero-order valence-corrected chi connectivity index (χ0v) is 14.0. The molecule has 1 heterocycles. The summed E-state index contributed by atoms with van der Waals surface area (Å²) in [4.78, 5) is 23.0. The van der Waals surface area contributed by atoms with E-state index < -0.39 is 17.8 Å². The van der Waals surface area contributed by atoms with Gasteiger partial charge in [0.25, 0.3) is 0 Å². The van der Waals surface area contributed by atoms with Gasteiger partial charge in [-0.3, -0.25) is 4.68 Å². The van der Waals surface area contributed by atoms with E-state index in [0.29, 0.717) is 6.61 Å². The number of esters is 1. The third-order valence-electron chi connectivity index (χ3n) is 3.51. The van der Waals surface area contributed by atoms with Gasteiger partial charge in [0.15, 0.2) is 5.69 Å². The van der Waals surface area contributed by atoms with Gasteiger partial charge in [-0.15, -0.1) is 0 Å². The van der Waals surface area contributed by atoms with Gasteiger partial charge in [0, 0.05) is 17.8 Å². The lowest BCUT2D eigenvalue weighted by Crippen LogP contribution is -2.10. The molecule has 1 N–H and O–H groups in total. The summed E-state index contributed by atoms with van der Waals surface area (Å²) in [7, 11) is 1.27. The Bertz CT molecular complexity index is 772. The largest absolute Gasteiger partial charge is 0.496 e. The van der Waals surface area contributed by atoms with Gasteiger partial charge in [0.2, 0.25) is 0 Å². The molecule has 0 amide bonds. The number of unbranched alkanes of at least 4 members (excludes halogenated alkanes) is 1. The van der Waals surface area contributed by atoms with Crippen molar-refractivity contribution in [1.29, 1.82) is 0 Å². The number of hydrogen-bond acceptors (Lipinski definition) is 5. The Labute approximate surface area is 144 Å². The van der Waals surface area contributed by atoms with Crippen LogP contribution in [0.1, 0.15) is 46.2 Å². The van der Waals surface area contributed by atoms with Crippen LogP contribution in [0.4, 0.5) is 4.39 Å². The summed E-state index contributed by atoms with van der Waals surface area (Å²) in [5.74, 6) is -2.45. The standard InChI is InChI=1S/C17H19FN2O5/c1-3-4-7-25-17(23)14-5-6-20(19-14)10-11-8-12(16(21)22)15(24-2)9-13(11)18/h5-6,8-9H,3-4,7,10H2,1-2H3,(H,21,22). The van der Waals surface area contributed by atoms with Gasteiger partial charge in [-0.1, -0.05) is 13.3 Å². The van der Waals surface area contributed by atoms with Crippen molar-refractivity contribution >= 4 is 11.9 Å². The number of hydrogen-bond donors (Lipinski definition) is 1. The SMILES string of the molecule is CCCCOC(=O)c1ccn(Cc2cc(C(=O)O)c(OC)cc2F)n1. The highest BCUT2D eigenvalue weighted by Gasteiger charge is 2.17. The number of carboxylic acids is 1.